The molecule has 1 aromatic carbocycles. The molecule has 4 rings (SSSR count). The van der Waals surface area contributed by atoms with Gasteiger partial charge in [-0.05, 0) is 44.8 Å². The van der Waals surface area contributed by atoms with Gasteiger partial charge in [0.05, 0.1) is 12.2 Å². The molecule has 1 saturated carbocycles. The number of nitrogens with zero attached hydrogens (tertiary/aromatic N) is 4. The second kappa shape index (κ2) is 7.11. The third-order valence-corrected chi connectivity index (χ3v) is 5.02. The van der Waals surface area contributed by atoms with Gasteiger partial charge in [-0.15, -0.1) is 5.10 Å². The van der Waals surface area contributed by atoms with Crippen LogP contribution in [0.1, 0.15) is 47.8 Å². The van der Waals surface area contributed by atoms with Crippen LogP contribution in [0.3, 0.4) is 0 Å². The zero-order chi connectivity index (χ0) is 18.1. The molecule has 2 aliphatic rings. The van der Waals surface area contributed by atoms with Crippen molar-refractivity contribution in [1.29, 1.82) is 0 Å². The monoisotopic (exact) mass is 361 g/mol. The Morgan fingerprint density at radius 2 is 2.00 bits per heavy atom. The Labute approximate surface area is 150 Å². The van der Waals surface area contributed by atoms with Crippen molar-refractivity contribution >= 4 is 5.91 Å². The zero-order valence-electron chi connectivity index (χ0n) is 14.4. The molecule has 0 atom stereocenters. The van der Waals surface area contributed by atoms with Gasteiger partial charge >= 0.3 is 0 Å². The van der Waals surface area contributed by atoms with Gasteiger partial charge < -0.3 is 10.2 Å². The van der Waals surface area contributed by atoms with Gasteiger partial charge in [-0.25, -0.2) is 13.5 Å². The number of piperidine rings is 1. The minimum absolute atomic E-state index is 0.0796. The molecule has 0 radical (unpaired) electrons. The molecular weight excluding hydrogens is 340 g/mol. The summed E-state index contributed by atoms with van der Waals surface area (Å²) < 4.78 is 28.9. The molecule has 138 valence electrons. The molecule has 8 heteroatoms. The number of nitrogens with one attached hydrogen (secondary N) is 1. The third kappa shape index (κ3) is 3.60. The van der Waals surface area contributed by atoms with Crippen molar-refractivity contribution in [1.82, 2.24) is 25.2 Å². The number of halogens is 2. The van der Waals surface area contributed by atoms with E-state index in [1.165, 1.54) is 12.1 Å². The lowest BCUT2D eigenvalue weighted by molar-refractivity contribution is 0.0722. The van der Waals surface area contributed by atoms with Crippen molar-refractivity contribution in [3.63, 3.8) is 0 Å². The summed E-state index contributed by atoms with van der Waals surface area (Å²) in [5.74, 6) is -1.52. The summed E-state index contributed by atoms with van der Waals surface area (Å²) in [6.07, 6.45) is 5.36. The number of aromatic nitrogens is 3. The Kier molecular flexibility index (Phi) is 4.67. The van der Waals surface area contributed by atoms with E-state index in [4.69, 9.17) is 0 Å². The van der Waals surface area contributed by atoms with E-state index in [2.05, 4.69) is 15.6 Å². The SMILES string of the molecule is O=C(c1cn(C2CCNCC2)nn1)N(Cc1ccc(F)cc1F)C1CC1. The van der Waals surface area contributed by atoms with Crippen molar-refractivity contribution in [2.24, 2.45) is 0 Å². The first-order valence-electron chi connectivity index (χ1n) is 8.99. The molecule has 2 fully saturated rings. The van der Waals surface area contributed by atoms with E-state index in [0.29, 0.717) is 5.56 Å². The molecule has 2 heterocycles. The number of hydrogen-bond acceptors (Lipinski definition) is 4. The van der Waals surface area contributed by atoms with Gasteiger partial charge in [-0.3, -0.25) is 4.79 Å². The van der Waals surface area contributed by atoms with Crippen molar-refractivity contribution in [3.05, 3.63) is 47.3 Å². The van der Waals surface area contributed by atoms with E-state index < -0.39 is 11.6 Å². The number of carbonyl (C=O) groups excluding carboxylic acids is 1. The first kappa shape index (κ1) is 17.1. The molecule has 1 N–H and O–H groups in total. The first-order valence-corrected chi connectivity index (χ1v) is 8.99. The molecule has 1 amide bonds. The highest BCUT2D eigenvalue weighted by Gasteiger charge is 2.35. The molecule has 1 aromatic heterocycles. The van der Waals surface area contributed by atoms with E-state index in [1.54, 1.807) is 15.8 Å². The maximum absolute atomic E-state index is 14.0. The topological polar surface area (TPSA) is 63.1 Å². The second-order valence-electron chi connectivity index (χ2n) is 6.96. The summed E-state index contributed by atoms with van der Waals surface area (Å²) in [7, 11) is 0. The van der Waals surface area contributed by atoms with Gasteiger partial charge in [-0.2, -0.15) is 0 Å². The molecule has 0 unspecified atom stereocenters. The van der Waals surface area contributed by atoms with E-state index in [1.807, 2.05) is 0 Å². The highest BCUT2D eigenvalue weighted by molar-refractivity contribution is 5.92. The number of carbonyl (C=O) groups is 1. The van der Waals surface area contributed by atoms with Gasteiger partial charge in [0.1, 0.15) is 11.6 Å². The molecule has 26 heavy (non-hydrogen) atoms. The van der Waals surface area contributed by atoms with Crippen molar-refractivity contribution in [2.75, 3.05) is 13.1 Å². The van der Waals surface area contributed by atoms with E-state index in [9.17, 15) is 13.6 Å². The van der Waals surface area contributed by atoms with Crippen LogP contribution >= 0.6 is 0 Å². The maximum Gasteiger partial charge on any atom is 0.276 e. The largest absolute Gasteiger partial charge is 0.330 e. The van der Waals surface area contributed by atoms with Gasteiger partial charge in [0.2, 0.25) is 0 Å². The summed E-state index contributed by atoms with van der Waals surface area (Å²) >= 11 is 0. The van der Waals surface area contributed by atoms with Crippen molar-refractivity contribution in [3.8, 4) is 0 Å². The quantitative estimate of drug-likeness (QED) is 0.888. The number of amides is 1. The summed E-state index contributed by atoms with van der Waals surface area (Å²) in [6.45, 7) is 1.95. The Balaban J connectivity index is 1.51. The first-order chi connectivity index (χ1) is 12.6. The van der Waals surface area contributed by atoms with Crippen LogP contribution in [-0.4, -0.2) is 44.9 Å². The molecule has 0 spiro atoms. The Morgan fingerprint density at radius 1 is 1.23 bits per heavy atom. The predicted molar refractivity (Wildman–Crippen MR) is 90.4 cm³/mol. The average Bonchev–Trinajstić information content (AvgIpc) is 3.36. The van der Waals surface area contributed by atoms with Crippen LogP contribution in [0.15, 0.2) is 24.4 Å². The zero-order valence-corrected chi connectivity index (χ0v) is 14.4. The lowest BCUT2D eigenvalue weighted by Gasteiger charge is -2.22. The molecule has 1 aliphatic carbocycles. The van der Waals surface area contributed by atoms with Crippen LogP contribution < -0.4 is 5.32 Å². The Morgan fingerprint density at radius 3 is 2.69 bits per heavy atom. The van der Waals surface area contributed by atoms with Crippen LogP contribution in [0.4, 0.5) is 8.78 Å². The predicted octanol–water partition coefficient (Wildman–Crippen LogP) is 2.29. The van der Waals surface area contributed by atoms with Gasteiger partial charge in [0.15, 0.2) is 5.69 Å². The third-order valence-electron chi connectivity index (χ3n) is 5.02. The van der Waals surface area contributed by atoms with Crippen LogP contribution in [-0.2, 0) is 6.54 Å². The lowest BCUT2D eigenvalue weighted by Crippen LogP contribution is -2.33. The molecule has 6 nitrogen and oxygen atoms in total. The minimum Gasteiger partial charge on any atom is -0.330 e. The Bertz CT molecular complexity index is 799. The van der Waals surface area contributed by atoms with E-state index >= 15 is 0 Å². The molecule has 1 aliphatic heterocycles. The van der Waals surface area contributed by atoms with Gasteiger partial charge in [0, 0.05) is 24.2 Å². The lowest BCUT2D eigenvalue weighted by atomic mass is 10.1. The molecule has 2 aromatic rings. The number of hydrogen-bond donors (Lipinski definition) is 1. The normalized spacial score (nSPS) is 18.1. The second-order valence-corrected chi connectivity index (χ2v) is 6.96. The molecular formula is C18H21F2N5O. The number of benzene rings is 1. The smallest absolute Gasteiger partial charge is 0.276 e. The fraction of sp³-hybridized carbons (Fsp3) is 0.500. The Hall–Kier alpha value is -2.35. The minimum atomic E-state index is -0.637. The number of rotatable bonds is 5. The summed E-state index contributed by atoms with van der Waals surface area (Å²) in [4.78, 5) is 14.5. The summed E-state index contributed by atoms with van der Waals surface area (Å²) in [5, 5.41) is 11.5. The fourth-order valence-electron chi connectivity index (χ4n) is 3.36. The van der Waals surface area contributed by atoms with Crippen molar-refractivity contribution in [2.45, 2.75) is 44.3 Å². The summed E-state index contributed by atoms with van der Waals surface area (Å²) in [6, 6.07) is 3.77. The maximum atomic E-state index is 14.0. The van der Waals surface area contributed by atoms with E-state index in [-0.39, 0.29) is 30.2 Å². The average molecular weight is 361 g/mol. The molecule has 0 bridgehead atoms. The van der Waals surface area contributed by atoms with Crippen LogP contribution in [0.25, 0.3) is 0 Å². The summed E-state index contributed by atoms with van der Waals surface area (Å²) in [5.41, 5.74) is 0.579. The molecule has 1 saturated heterocycles. The van der Waals surface area contributed by atoms with Crippen LogP contribution in [0.5, 0.6) is 0 Å². The van der Waals surface area contributed by atoms with Gasteiger partial charge in [0.25, 0.3) is 5.91 Å². The van der Waals surface area contributed by atoms with Crippen LogP contribution in [0.2, 0.25) is 0 Å². The van der Waals surface area contributed by atoms with Crippen LogP contribution in [0, 0.1) is 11.6 Å². The highest BCUT2D eigenvalue weighted by Crippen LogP contribution is 2.30. The fourth-order valence-corrected chi connectivity index (χ4v) is 3.36. The standard InChI is InChI=1S/C18H21F2N5O/c19-13-2-1-12(16(20)9-13)10-24(14-3-4-14)18(26)17-11-25(23-22-17)15-5-7-21-8-6-15/h1-2,9,11,14-15,21H,3-8,10H2. The van der Waals surface area contributed by atoms with Gasteiger partial charge in [-0.1, -0.05) is 11.3 Å². The van der Waals surface area contributed by atoms with Crippen molar-refractivity contribution < 1.29 is 13.6 Å². The van der Waals surface area contributed by atoms with E-state index in [0.717, 1.165) is 44.8 Å². The highest BCUT2D eigenvalue weighted by atomic mass is 19.1.